The number of carbonyl (C=O) groups is 2. The third kappa shape index (κ3) is 5.22. The summed E-state index contributed by atoms with van der Waals surface area (Å²) < 4.78 is 56.9. The molecule has 12 heteroatoms. The van der Waals surface area contributed by atoms with E-state index in [0.29, 0.717) is 5.56 Å². The first kappa shape index (κ1) is 24.5. The van der Waals surface area contributed by atoms with Gasteiger partial charge in [-0.3, -0.25) is 14.3 Å². The lowest BCUT2D eigenvalue weighted by atomic mass is 9.99. The number of aryl methyl sites for hydroxylation is 1. The maximum absolute atomic E-state index is 14.8. The van der Waals surface area contributed by atoms with E-state index in [1.807, 2.05) is 0 Å². The number of rotatable bonds is 6. The summed E-state index contributed by atoms with van der Waals surface area (Å²) in [6, 6.07) is 10.8. The average Bonchev–Trinajstić information content (AvgIpc) is 3.25. The predicted molar refractivity (Wildman–Crippen MR) is 120 cm³/mol. The first-order valence-electron chi connectivity index (χ1n) is 10.4. The fourth-order valence-electron chi connectivity index (χ4n) is 3.49. The Morgan fingerprint density at radius 3 is 2.44 bits per heavy atom. The summed E-state index contributed by atoms with van der Waals surface area (Å²) in [5.41, 5.74) is -1.81. The van der Waals surface area contributed by atoms with Crippen LogP contribution in [0.15, 0.2) is 60.9 Å². The van der Waals surface area contributed by atoms with Crippen LogP contribution in [0.2, 0.25) is 0 Å². The number of aromatic nitrogens is 4. The molecular weight excluding hydrogens is 482 g/mol. The summed E-state index contributed by atoms with van der Waals surface area (Å²) in [4.78, 5) is 32.2. The molecule has 0 saturated carbocycles. The minimum atomic E-state index is -4.89. The first-order chi connectivity index (χ1) is 17.0. The zero-order valence-corrected chi connectivity index (χ0v) is 18.5. The number of nitrogens with one attached hydrogen (secondary N) is 1. The molecule has 8 nitrogen and oxygen atoms in total. The van der Waals surface area contributed by atoms with E-state index >= 15 is 0 Å². The summed E-state index contributed by atoms with van der Waals surface area (Å²) >= 11 is 0. The van der Waals surface area contributed by atoms with Crippen LogP contribution < -0.4 is 5.32 Å². The van der Waals surface area contributed by atoms with E-state index in [9.17, 15) is 27.2 Å². The van der Waals surface area contributed by atoms with E-state index in [4.69, 9.17) is 5.11 Å². The van der Waals surface area contributed by atoms with Gasteiger partial charge in [-0.2, -0.15) is 18.3 Å². The highest BCUT2D eigenvalue weighted by Gasteiger charge is 2.36. The number of benzene rings is 2. The van der Waals surface area contributed by atoms with E-state index in [-0.39, 0.29) is 29.0 Å². The molecule has 2 heterocycles. The fraction of sp³-hybridized carbons (Fsp3) is 0.125. The Balaban J connectivity index is 1.77. The number of carbonyl (C=O) groups excluding carboxylic acids is 1. The Kier molecular flexibility index (Phi) is 6.51. The number of amides is 1. The maximum Gasteiger partial charge on any atom is 0.417 e. The zero-order chi connectivity index (χ0) is 26.0. The second-order valence-corrected chi connectivity index (χ2v) is 7.69. The molecule has 0 atom stereocenters. The van der Waals surface area contributed by atoms with Gasteiger partial charge in [0.2, 0.25) is 0 Å². The minimum absolute atomic E-state index is 0.0130. The largest absolute Gasteiger partial charge is 0.481 e. The van der Waals surface area contributed by atoms with Crippen molar-refractivity contribution in [1.82, 2.24) is 19.7 Å². The highest BCUT2D eigenvalue weighted by Crippen LogP contribution is 2.38. The molecule has 4 rings (SSSR count). The highest BCUT2D eigenvalue weighted by atomic mass is 19.4. The quantitative estimate of drug-likeness (QED) is 0.376. The number of nitrogens with zero attached hydrogens (tertiary/aromatic N) is 4. The predicted octanol–water partition coefficient (Wildman–Crippen LogP) is 4.58. The molecule has 0 aliphatic heterocycles. The van der Waals surface area contributed by atoms with Crippen molar-refractivity contribution in [2.45, 2.75) is 12.6 Å². The summed E-state index contributed by atoms with van der Waals surface area (Å²) in [7, 11) is 1.51. The van der Waals surface area contributed by atoms with Crippen molar-refractivity contribution in [2.24, 2.45) is 7.05 Å². The fourth-order valence-corrected chi connectivity index (χ4v) is 3.49. The van der Waals surface area contributed by atoms with Gasteiger partial charge in [0.25, 0.3) is 5.91 Å². The van der Waals surface area contributed by atoms with Gasteiger partial charge in [0, 0.05) is 24.4 Å². The Morgan fingerprint density at radius 2 is 1.83 bits per heavy atom. The standard InChI is InChI=1S/C24H17F4N5O3/c1-33-8-7-18(32-33)14-9-15(17(25)10-16(14)24(26,27)28)23(36)30-19-12-29-20(11-21(34)35)31-22(19)13-5-3-2-4-6-13/h2-10,12H,11H2,1H3,(H,30,36)(H,34,35). The van der Waals surface area contributed by atoms with Crippen LogP contribution in [0.4, 0.5) is 23.2 Å². The van der Waals surface area contributed by atoms with Crippen LogP contribution in [0, 0.1) is 5.82 Å². The number of halogens is 4. The van der Waals surface area contributed by atoms with Crippen LogP contribution in [0.1, 0.15) is 21.7 Å². The van der Waals surface area contributed by atoms with Crippen LogP contribution in [0.5, 0.6) is 0 Å². The minimum Gasteiger partial charge on any atom is -0.481 e. The van der Waals surface area contributed by atoms with Crippen molar-refractivity contribution in [3.63, 3.8) is 0 Å². The van der Waals surface area contributed by atoms with Gasteiger partial charge in [0.15, 0.2) is 0 Å². The topological polar surface area (TPSA) is 110 Å². The Morgan fingerprint density at radius 1 is 1.11 bits per heavy atom. The second-order valence-electron chi connectivity index (χ2n) is 7.69. The van der Waals surface area contributed by atoms with Crippen LogP contribution >= 0.6 is 0 Å². The summed E-state index contributed by atoms with van der Waals surface area (Å²) in [6.07, 6.45) is -2.79. The van der Waals surface area contributed by atoms with Gasteiger partial charge in [-0.15, -0.1) is 0 Å². The van der Waals surface area contributed by atoms with E-state index in [1.165, 1.54) is 24.0 Å². The number of hydrogen-bond donors (Lipinski definition) is 2. The number of carboxylic acids is 1. The molecular formula is C24H17F4N5O3. The number of hydrogen-bond acceptors (Lipinski definition) is 5. The molecule has 0 radical (unpaired) electrons. The second kappa shape index (κ2) is 9.56. The Bertz CT molecular complexity index is 1450. The number of aliphatic carboxylic acids is 1. The number of anilines is 1. The van der Waals surface area contributed by atoms with Crippen LogP contribution in [0.25, 0.3) is 22.5 Å². The summed E-state index contributed by atoms with van der Waals surface area (Å²) in [5, 5.41) is 15.4. The zero-order valence-electron chi connectivity index (χ0n) is 18.5. The first-order valence-corrected chi connectivity index (χ1v) is 10.4. The van der Waals surface area contributed by atoms with Crippen molar-refractivity contribution >= 4 is 17.6 Å². The van der Waals surface area contributed by atoms with E-state index in [2.05, 4.69) is 20.4 Å². The molecule has 184 valence electrons. The monoisotopic (exact) mass is 499 g/mol. The molecule has 2 aromatic carbocycles. The average molecular weight is 499 g/mol. The van der Waals surface area contributed by atoms with E-state index in [0.717, 1.165) is 12.3 Å². The normalized spacial score (nSPS) is 11.4. The summed E-state index contributed by atoms with van der Waals surface area (Å²) in [6.45, 7) is 0. The Hall–Kier alpha value is -4.61. The van der Waals surface area contributed by atoms with E-state index < -0.39 is 47.0 Å². The summed E-state index contributed by atoms with van der Waals surface area (Å²) in [5.74, 6) is -3.63. The number of alkyl halides is 3. The molecule has 2 aromatic heterocycles. The van der Waals surface area contributed by atoms with Gasteiger partial charge < -0.3 is 10.4 Å². The molecule has 0 aliphatic carbocycles. The lowest BCUT2D eigenvalue weighted by Gasteiger charge is -2.15. The maximum atomic E-state index is 14.8. The Labute approximate surface area is 201 Å². The van der Waals surface area contributed by atoms with Crippen molar-refractivity contribution < 1.29 is 32.3 Å². The SMILES string of the molecule is Cn1ccc(-c2cc(C(=O)Nc3cnc(CC(=O)O)nc3-c3ccccc3)c(F)cc2C(F)(F)F)n1. The van der Waals surface area contributed by atoms with Crippen molar-refractivity contribution in [3.8, 4) is 22.5 Å². The molecule has 0 saturated heterocycles. The van der Waals surface area contributed by atoms with Gasteiger partial charge >= 0.3 is 12.1 Å². The van der Waals surface area contributed by atoms with Gasteiger partial charge in [0.1, 0.15) is 18.1 Å². The van der Waals surface area contributed by atoms with Gasteiger partial charge in [-0.25, -0.2) is 14.4 Å². The van der Waals surface area contributed by atoms with Gasteiger partial charge in [-0.1, -0.05) is 30.3 Å². The van der Waals surface area contributed by atoms with Crippen molar-refractivity contribution in [2.75, 3.05) is 5.32 Å². The highest BCUT2D eigenvalue weighted by molar-refractivity contribution is 6.06. The molecule has 0 spiro atoms. The van der Waals surface area contributed by atoms with Crippen molar-refractivity contribution in [3.05, 3.63) is 83.7 Å². The molecule has 0 bridgehead atoms. The molecule has 36 heavy (non-hydrogen) atoms. The molecule has 0 fully saturated rings. The van der Waals surface area contributed by atoms with Gasteiger partial charge in [0.05, 0.1) is 34.4 Å². The van der Waals surface area contributed by atoms with Crippen LogP contribution in [0.3, 0.4) is 0 Å². The van der Waals surface area contributed by atoms with Crippen LogP contribution in [-0.2, 0) is 24.4 Å². The van der Waals surface area contributed by atoms with E-state index in [1.54, 1.807) is 30.3 Å². The molecule has 0 aliphatic rings. The number of carboxylic acid groups (broad SMARTS) is 1. The lowest BCUT2D eigenvalue weighted by molar-refractivity contribution is -0.137. The third-order valence-corrected chi connectivity index (χ3v) is 5.09. The van der Waals surface area contributed by atoms with Crippen LogP contribution in [-0.4, -0.2) is 36.7 Å². The molecule has 4 aromatic rings. The van der Waals surface area contributed by atoms with Crippen molar-refractivity contribution in [1.29, 1.82) is 0 Å². The van der Waals surface area contributed by atoms with Gasteiger partial charge in [-0.05, 0) is 18.2 Å². The molecule has 2 N–H and O–H groups in total. The molecule has 1 amide bonds. The lowest BCUT2D eigenvalue weighted by Crippen LogP contribution is -2.18. The molecule has 0 unspecified atom stereocenters. The smallest absolute Gasteiger partial charge is 0.417 e. The third-order valence-electron chi connectivity index (χ3n) is 5.09.